The topological polar surface area (TPSA) is 23.8 Å². The lowest BCUT2D eigenvalue weighted by atomic mass is 9.84. The van der Waals surface area contributed by atoms with Gasteiger partial charge in [-0.15, -0.1) is 22.7 Å². The molecule has 0 amide bonds. The van der Waals surface area contributed by atoms with E-state index in [4.69, 9.17) is 0 Å². The first kappa shape index (κ1) is 23.2. The summed E-state index contributed by atoms with van der Waals surface area (Å²) in [5.74, 6) is 0. The Bertz CT molecular complexity index is 2290. The lowest BCUT2D eigenvalue weighted by molar-refractivity contribution is 1.48. The molecule has 6 aromatic carbocycles. The fraction of sp³-hybridized carbons (Fsp3) is 0. The summed E-state index contributed by atoms with van der Waals surface area (Å²) in [6.45, 7) is 0. The third kappa shape index (κ3) is 3.51. The van der Waals surface area contributed by atoms with Gasteiger partial charge in [-0.2, -0.15) is 5.26 Å². The molecular weight excluding hydrogens is 523 g/mol. The van der Waals surface area contributed by atoms with Crippen LogP contribution in [0.3, 0.4) is 0 Å². The average Bonchev–Trinajstić information content (AvgIpc) is 3.58. The zero-order valence-electron chi connectivity index (χ0n) is 21.4. The van der Waals surface area contributed by atoms with Gasteiger partial charge in [-0.1, -0.05) is 91.0 Å². The summed E-state index contributed by atoms with van der Waals surface area (Å²) in [6, 6.07) is 47.7. The van der Waals surface area contributed by atoms with Crippen LogP contribution < -0.4 is 0 Å². The lowest BCUT2D eigenvalue weighted by Crippen LogP contribution is -1.93. The number of thiophene rings is 2. The van der Waals surface area contributed by atoms with Crippen molar-refractivity contribution in [2.45, 2.75) is 0 Å². The molecule has 0 radical (unpaired) electrons. The summed E-state index contributed by atoms with van der Waals surface area (Å²) in [7, 11) is 0. The van der Waals surface area contributed by atoms with Gasteiger partial charge < -0.3 is 0 Å². The van der Waals surface area contributed by atoms with Gasteiger partial charge in [-0.3, -0.25) is 0 Å². The number of benzene rings is 6. The van der Waals surface area contributed by atoms with Gasteiger partial charge in [0.2, 0.25) is 0 Å². The molecule has 186 valence electrons. The molecule has 0 unspecified atom stereocenters. The maximum atomic E-state index is 10.2. The van der Waals surface area contributed by atoms with Crippen LogP contribution in [0.1, 0.15) is 5.56 Å². The summed E-state index contributed by atoms with van der Waals surface area (Å²) >= 11 is 3.67. The number of nitrogens with zero attached hydrogens (tertiary/aromatic N) is 1. The van der Waals surface area contributed by atoms with E-state index in [-0.39, 0.29) is 0 Å². The van der Waals surface area contributed by atoms with Crippen molar-refractivity contribution in [2.75, 3.05) is 0 Å². The Kier molecular flexibility index (Phi) is 5.31. The zero-order valence-corrected chi connectivity index (χ0v) is 23.0. The van der Waals surface area contributed by atoms with Crippen LogP contribution in [-0.2, 0) is 0 Å². The second-order valence-electron chi connectivity index (χ2n) is 9.97. The second-order valence-corrected chi connectivity index (χ2v) is 12.1. The fourth-order valence-corrected chi connectivity index (χ4v) is 8.22. The molecule has 0 fully saturated rings. The molecule has 8 rings (SSSR count). The predicted molar refractivity (Wildman–Crippen MR) is 173 cm³/mol. The standard InChI is InChI=1S/C37H21NS2/c38-22-24-9-1-2-10-26(24)36-25(23-19-20-34-31(21-23)27-11-3-5-16-32(27)39-34)13-7-14-28(36)29-15-8-18-35-37(29)30-12-4-6-17-33(30)40-35/h1-21H. The molecule has 3 heteroatoms. The first-order valence-electron chi connectivity index (χ1n) is 13.2. The molecule has 2 heterocycles. The Morgan fingerprint density at radius 2 is 1.05 bits per heavy atom. The fourth-order valence-electron chi connectivity index (χ4n) is 6.00. The molecule has 8 aromatic rings. The van der Waals surface area contributed by atoms with Crippen LogP contribution >= 0.6 is 22.7 Å². The Morgan fingerprint density at radius 1 is 0.450 bits per heavy atom. The van der Waals surface area contributed by atoms with Crippen LogP contribution in [0.4, 0.5) is 0 Å². The number of rotatable bonds is 3. The van der Waals surface area contributed by atoms with E-state index in [1.807, 2.05) is 40.9 Å². The highest BCUT2D eigenvalue weighted by atomic mass is 32.1. The van der Waals surface area contributed by atoms with Gasteiger partial charge in [0.25, 0.3) is 0 Å². The van der Waals surface area contributed by atoms with Crippen molar-refractivity contribution in [3.8, 4) is 39.4 Å². The molecule has 2 aromatic heterocycles. The van der Waals surface area contributed by atoms with Gasteiger partial charge in [-0.25, -0.2) is 0 Å². The molecule has 0 aliphatic carbocycles. The molecule has 0 saturated heterocycles. The van der Waals surface area contributed by atoms with Crippen LogP contribution in [0, 0.1) is 11.3 Å². The first-order chi connectivity index (χ1) is 19.8. The van der Waals surface area contributed by atoms with Gasteiger partial charge in [0, 0.05) is 45.9 Å². The third-order valence-electron chi connectivity index (χ3n) is 7.76. The van der Waals surface area contributed by atoms with Gasteiger partial charge in [0.05, 0.1) is 11.6 Å². The monoisotopic (exact) mass is 543 g/mol. The number of nitriles is 1. The number of hydrogen-bond acceptors (Lipinski definition) is 3. The van der Waals surface area contributed by atoms with E-state index in [2.05, 4.69) is 115 Å². The SMILES string of the molecule is N#Cc1ccccc1-c1c(-c2ccc3sc4ccccc4c3c2)cccc1-c1cccc2sc3ccccc3c12. The average molecular weight is 544 g/mol. The minimum atomic E-state index is 0.681. The van der Waals surface area contributed by atoms with Crippen LogP contribution in [0.15, 0.2) is 127 Å². The largest absolute Gasteiger partial charge is 0.192 e. The Balaban J connectivity index is 1.48. The molecule has 0 spiro atoms. The molecule has 0 bridgehead atoms. The highest BCUT2D eigenvalue weighted by Crippen LogP contribution is 2.47. The minimum absolute atomic E-state index is 0.681. The van der Waals surface area contributed by atoms with Gasteiger partial charge >= 0.3 is 0 Å². The second kappa shape index (κ2) is 9.17. The normalized spacial score (nSPS) is 11.5. The van der Waals surface area contributed by atoms with Crippen molar-refractivity contribution in [3.05, 3.63) is 133 Å². The molecule has 1 nitrogen and oxygen atoms in total. The van der Waals surface area contributed by atoms with E-state index in [1.54, 1.807) is 0 Å². The minimum Gasteiger partial charge on any atom is -0.192 e. The maximum Gasteiger partial charge on any atom is 0.0998 e. The van der Waals surface area contributed by atoms with E-state index in [1.165, 1.54) is 45.9 Å². The molecule has 40 heavy (non-hydrogen) atoms. The Hall–Kier alpha value is -4.75. The van der Waals surface area contributed by atoms with Crippen molar-refractivity contribution in [1.82, 2.24) is 0 Å². The lowest BCUT2D eigenvalue weighted by Gasteiger charge is -2.18. The number of fused-ring (bicyclic) bond motifs is 6. The highest BCUT2D eigenvalue weighted by Gasteiger charge is 2.20. The van der Waals surface area contributed by atoms with E-state index >= 15 is 0 Å². The van der Waals surface area contributed by atoms with Crippen molar-refractivity contribution in [1.29, 1.82) is 5.26 Å². The van der Waals surface area contributed by atoms with Crippen LogP contribution in [0.5, 0.6) is 0 Å². The van der Waals surface area contributed by atoms with Crippen molar-refractivity contribution < 1.29 is 0 Å². The summed E-state index contributed by atoms with van der Waals surface area (Å²) in [6.07, 6.45) is 0. The molecule has 0 aliphatic heterocycles. The smallest absolute Gasteiger partial charge is 0.0998 e. The summed E-state index contributed by atoms with van der Waals surface area (Å²) in [4.78, 5) is 0. The predicted octanol–water partition coefficient (Wildman–Crippen LogP) is 11.3. The van der Waals surface area contributed by atoms with Crippen molar-refractivity contribution in [3.63, 3.8) is 0 Å². The Labute approximate surface area is 239 Å². The van der Waals surface area contributed by atoms with E-state index in [0.717, 1.165) is 27.8 Å². The van der Waals surface area contributed by atoms with Gasteiger partial charge in [-0.05, 0) is 64.2 Å². The molecular formula is C37H21NS2. The van der Waals surface area contributed by atoms with Crippen LogP contribution in [0.25, 0.3) is 73.7 Å². The van der Waals surface area contributed by atoms with E-state index < -0.39 is 0 Å². The van der Waals surface area contributed by atoms with Crippen LogP contribution in [0.2, 0.25) is 0 Å². The summed E-state index contributed by atoms with van der Waals surface area (Å²) in [5, 5.41) is 15.3. The molecule has 0 atom stereocenters. The maximum absolute atomic E-state index is 10.2. The van der Waals surface area contributed by atoms with E-state index in [9.17, 15) is 5.26 Å². The zero-order chi connectivity index (χ0) is 26.6. The summed E-state index contributed by atoms with van der Waals surface area (Å²) in [5.41, 5.74) is 7.37. The third-order valence-corrected chi connectivity index (χ3v) is 10.0. The summed E-state index contributed by atoms with van der Waals surface area (Å²) < 4.78 is 5.15. The van der Waals surface area contributed by atoms with E-state index in [0.29, 0.717) is 5.56 Å². The first-order valence-corrected chi connectivity index (χ1v) is 14.9. The number of hydrogen-bond donors (Lipinski definition) is 0. The molecule has 0 N–H and O–H groups in total. The van der Waals surface area contributed by atoms with Crippen molar-refractivity contribution >= 4 is 63.0 Å². The van der Waals surface area contributed by atoms with Gasteiger partial charge in [0.1, 0.15) is 0 Å². The van der Waals surface area contributed by atoms with Gasteiger partial charge in [0.15, 0.2) is 0 Å². The Morgan fingerprint density at radius 3 is 1.93 bits per heavy atom. The quantitative estimate of drug-likeness (QED) is 0.217. The van der Waals surface area contributed by atoms with Crippen LogP contribution in [-0.4, -0.2) is 0 Å². The molecule has 0 aliphatic rings. The highest BCUT2D eigenvalue weighted by molar-refractivity contribution is 7.26. The van der Waals surface area contributed by atoms with Crippen molar-refractivity contribution in [2.24, 2.45) is 0 Å². The molecule has 0 saturated carbocycles.